The maximum Gasteiger partial charge on any atom is 0.254 e. The van der Waals surface area contributed by atoms with Crippen molar-refractivity contribution in [3.63, 3.8) is 0 Å². The summed E-state index contributed by atoms with van der Waals surface area (Å²) >= 11 is 3.22. The number of benzene rings is 1. The SMILES string of the molecule is O=C(c1cc(-c2cccs2)nc2ccccc12)N1CCN(Cc2nc(-c3cccs3)no2)CC1. The van der Waals surface area contributed by atoms with Crippen LogP contribution in [0.2, 0.25) is 0 Å². The Balaban J connectivity index is 1.17. The van der Waals surface area contributed by atoms with Crippen molar-refractivity contribution in [2.24, 2.45) is 0 Å². The number of thiophene rings is 2. The first-order chi connectivity index (χ1) is 16.7. The fourth-order valence-electron chi connectivity index (χ4n) is 4.20. The molecule has 6 rings (SSSR count). The molecule has 0 spiro atoms. The van der Waals surface area contributed by atoms with Crippen LogP contribution >= 0.6 is 22.7 Å². The van der Waals surface area contributed by atoms with E-state index >= 15 is 0 Å². The Morgan fingerprint density at radius 1 is 0.912 bits per heavy atom. The van der Waals surface area contributed by atoms with Crippen LogP contribution in [0.25, 0.3) is 32.2 Å². The van der Waals surface area contributed by atoms with Gasteiger partial charge in [-0.15, -0.1) is 22.7 Å². The van der Waals surface area contributed by atoms with Gasteiger partial charge >= 0.3 is 0 Å². The van der Waals surface area contributed by atoms with Crippen molar-refractivity contribution in [1.29, 1.82) is 0 Å². The van der Waals surface area contributed by atoms with Gasteiger partial charge in [-0.3, -0.25) is 9.69 Å². The van der Waals surface area contributed by atoms with Gasteiger partial charge < -0.3 is 9.42 Å². The summed E-state index contributed by atoms with van der Waals surface area (Å²) in [6.07, 6.45) is 0. The number of aromatic nitrogens is 3. The minimum absolute atomic E-state index is 0.0498. The molecule has 0 N–H and O–H groups in total. The molecule has 0 bridgehead atoms. The zero-order valence-corrected chi connectivity index (χ0v) is 19.9. The minimum Gasteiger partial charge on any atom is -0.338 e. The van der Waals surface area contributed by atoms with Gasteiger partial charge in [0.05, 0.1) is 33.1 Å². The van der Waals surface area contributed by atoms with Crippen LogP contribution in [0.15, 0.2) is 69.9 Å². The summed E-state index contributed by atoms with van der Waals surface area (Å²) < 4.78 is 5.45. The molecule has 7 nitrogen and oxygen atoms in total. The van der Waals surface area contributed by atoms with Crippen molar-refractivity contribution in [2.45, 2.75) is 6.54 Å². The van der Waals surface area contributed by atoms with Gasteiger partial charge in [-0.25, -0.2) is 4.98 Å². The van der Waals surface area contributed by atoms with E-state index in [-0.39, 0.29) is 5.91 Å². The van der Waals surface area contributed by atoms with Crippen LogP contribution in [0.4, 0.5) is 0 Å². The maximum absolute atomic E-state index is 13.6. The van der Waals surface area contributed by atoms with E-state index in [2.05, 4.69) is 15.0 Å². The number of hydrogen-bond donors (Lipinski definition) is 0. The van der Waals surface area contributed by atoms with Crippen molar-refractivity contribution in [2.75, 3.05) is 26.2 Å². The highest BCUT2D eigenvalue weighted by molar-refractivity contribution is 7.13. The molecule has 0 radical (unpaired) electrons. The fourth-order valence-corrected chi connectivity index (χ4v) is 5.53. The number of carbonyl (C=O) groups is 1. The zero-order valence-electron chi connectivity index (χ0n) is 18.3. The third-order valence-electron chi connectivity index (χ3n) is 5.95. The van der Waals surface area contributed by atoms with Crippen molar-refractivity contribution >= 4 is 39.5 Å². The maximum atomic E-state index is 13.6. The second-order valence-electron chi connectivity index (χ2n) is 8.11. The predicted molar refractivity (Wildman–Crippen MR) is 134 cm³/mol. The second-order valence-corrected chi connectivity index (χ2v) is 10.0. The molecule has 1 aliphatic heterocycles. The van der Waals surface area contributed by atoms with Crippen molar-refractivity contribution in [3.8, 4) is 21.3 Å². The van der Waals surface area contributed by atoms with E-state index in [1.165, 1.54) is 0 Å². The molecule has 1 aromatic carbocycles. The van der Waals surface area contributed by atoms with E-state index in [1.54, 1.807) is 22.7 Å². The fraction of sp³-hybridized carbons (Fsp3) is 0.200. The number of amides is 1. The van der Waals surface area contributed by atoms with Gasteiger partial charge in [-0.05, 0) is 35.0 Å². The lowest BCUT2D eigenvalue weighted by Crippen LogP contribution is -2.48. The highest BCUT2D eigenvalue weighted by Gasteiger charge is 2.25. The molecule has 4 aromatic heterocycles. The zero-order chi connectivity index (χ0) is 22.9. The Labute approximate surface area is 204 Å². The van der Waals surface area contributed by atoms with Crippen molar-refractivity contribution in [3.05, 3.63) is 76.8 Å². The van der Waals surface area contributed by atoms with Crippen LogP contribution < -0.4 is 0 Å². The highest BCUT2D eigenvalue weighted by Crippen LogP contribution is 2.29. The molecule has 0 saturated carbocycles. The number of rotatable bonds is 5. The molecular formula is C25H21N5O2S2. The topological polar surface area (TPSA) is 75.4 Å². The third-order valence-corrected chi connectivity index (χ3v) is 7.71. The van der Waals surface area contributed by atoms with Crippen LogP contribution in [0.5, 0.6) is 0 Å². The molecule has 1 fully saturated rings. The first-order valence-electron chi connectivity index (χ1n) is 11.1. The molecule has 1 amide bonds. The summed E-state index contributed by atoms with van der Waals surface area (Å²) in [6.45, 7) is 3.39. The monoisotopic (exact) mass is 487 g/mol. The number of fused-ring (bicyclic) bond motifs is 1. The van der Waals surface area contributed by atoms with E-state index in [0.29, 0.717) is 36.9 Å². The lowest BCUT2D eigenvalue weighted by atomic mass is 10.1. The van der Waals surface area contributed by atoms with E-state index in [1.807, 2.05) is 70.3 Å². The number of pyridine rings is 1. The highest BCUT2D eigenvalue weighted by atomic mass is 32.1. The summed E-state index contributed by atoms with van der Waals surface area (Å²) in [5.41, 5.74) is 2.39. The van der Waals surface area contributed by atoms with E-state index in [4.69, 9.17) is 9.51 Å². The first-order valence-corrected chi connectivity index (χ1v) is 12.8. The molecule has 1 saturated heterocycles. The van der Waals surface area contributed by atoms with Crippen LogP contribution in [0, 0.1) is 0 Å². The Morgan fingerprint density at radius 3 is 2.44 bits per heavy atom. The molecule has 34 heavy (non-hydrogen) atoms. The molecule has 5 heterocycles. The Kier molecular flexibility index (Phi) is 5.66. The van der Waals surface area contributed by atoms with Crippen LogP contribution in [0.1, 0.15) is 16.2 Å². The second kappa shape index (κ2) is 9.09. The van der Waals surface area contributed by atoms with Gasteiger partial charge in [-0.1, -0.05) is 35.5 Å². The van der Waals surface area contributed by atoms with Crippen molar-refractivity contribution in [1.82, 2.24) is 24.9 Å². The quantitative estimate of drug-likeness (QED) is 0.346. The molecule has 0 unspecified atom stereocenters. The van der Waals surface area contributed by atoms with Crippen molar-refractivity contribution < 1.29 is 9.32 Å². The standard InChI is InChI=1S/C25H21N5O2S2/c31-25(18-15-20(21-7-3-13-33-21)26-19-6-2-1-5-17(18)19)30-11-9-29(10-12-30)16-23-27-24(28-32-23)22-8-4-14-34-22/h1-8,13-15H,9-12,16H2. The molecular weight excluding hydrogens is 466 g/mol. The van der Waals surface area contributed by atoms with Gasteiger partial charge in [0.1, 0.15) is 0 Å². The first kappa shape index (κ1) is 21.2. The molecule has 0 aliphatic carbocycles. The van der Waals surface area contributed by atoms with Crippen LogP contribution in [0.3, 0.4) is 0 Å². The smallest absolute Gasteiger partial charge is 0.254 e. The normalized spacial score (nSPS) is 14.6. The molecule has 5 aromatic rings. The minimum atomic E-state index is 0.0498. The van der Waals surface area contributed by atoms with Gasteiger partial charge in [0, 0.05) is 31.6 Å². The summed E-state index contributed by atoms with van der Waals surface area (Å²) in [7, 11) is 0. The third kappa shape index (κ3) is 4.13. The Hall–Kier alpha value is -3.40. The van der Waals surface area contributed by atoms with Gasteiger partial charge in [0.15, 0.2) is 0 Å². The molecule has 9 heteroatoms. The number of hydrogen-bond acceptors (Lipinski definition) is 8. The largest absolute Gasteiger partial charge is 0.338 e. The average Bonchev–Trinajstić information content (AvgIpc) is 3.66. The Bertz CT molecular complexity index is 1420. The summed E-state index contributed by atoms with van der Waals surface area (Å²) in [5.74, 6) is 1.28. The average molecular weight is 488 g/mol. The van der Waals surface area contributed by atoms with E-state index in [9.17, 15) is 4.79 Å². The van der Waals surface area contributed by atoms with E-state index < -0.39 is 0 Å². The van der Waals surface area contributed by atoms with Crippen LogP contribution in [-0.4, -0.2) is 57.0 Å². The molecule has 1 aliphatic rings. The van der Waals surface area contributed by atoms with Gasteiger partial charge in [0.25, 0.3) is 5.91 Å². The number of nitrogens with zero attached hydrogens (tertiary/aromatic N) is 5. The lowest BCUT2D eigenvalue weighted by molar-refractivity contribution is 0.0617. The summed E-state index contributed by atoms with van der Waals surface area (Å²) in [6, 6.07) is 17.8. The van der Waals surface area contributed by atoms with Crippen LogP contribution in [-0.2, 0) is 6.54 Å². The molecule has 170 valence electrons. The lowest BCUT2D eigenvalue weighted by Gasteiger charge is -2.34. The molecule has 0 atom stereocenters. The summed E-state index contributed by atoms with van der Waals surface area (Å²) in [5, 5.41) is 9.01. The number of piperazine rings is 1. The predicted octanol–water partition coefficient (Wildman–Crippen LogP) is 5.03. The van der Waals surface area contributed by atoms with Gasteiger partial charge in [-0.2, -0.15) is 4.98 Å². The summed E-state index contributed by atoms with van der Waals surface area (Å²) in [4.78, 5) is 29.1. The van der Waals surface area contributed by atoms with E-state index in [0.717, 1.165) is 39.4 Å². The number of para-hydroxylation sites is 1. The Morgan fingerprint density at radius 2 is 1.68 bits per heavy atom. The van der Waals surface area contributed by atoms with Gasteiger partial charge in [0.2, 0.25) is 11.7 Å². The number of carbonyl (C=O) groups excluding carboxylic acids is 1.